The van der Waals surface area contributed by atoms with E-state index in [-0.39, 0.29) is 44.7 Å². The number of nitrogens with two attached hydrogens (primary N) is 1. The number of nitrogens with one attached hydrogen (secondary N) is 1. The number of ether oxygens (including phenoxy) is 1. The molecule has 3 atom stereocenters. The van der Waals surface area contributed by atoms with E-state index in [0.29, 0.717) is 18.7 Å². The number of pyridine rings is 1. The van der Waals surface area contributed by atoms with Gasteiger partial charge in [0.15, 0.2) is 11.4 Å². The molecule has 4 rings (SSSR count). The Morgan fingerprint density at radius 3 is 2.29 bits per heavy atom. The van der Waals surface area contributed by atoms with Crippen LogP contribution in [0, 0.1) is 5.82 Å². The van der Waals surface area contributed by atoms with Crippen LogP contribution in [0.25, 0.3) is 0 Å². The van der Waals surface area contributed by atoms with Gasteiger partial charge in [-0.1, -0.05) is 23.2 Å². The Bertz CT molecular complexity index is 1170. The average Bonchev–Trinajstić information content (AvgIpc) is 3.00. The Hall–Kier alpha value is -2.14. The van der Waals surface area contributed by atoms with Gasteiger partial charge in [-0.3, -0.25) is 4.79 Å². The van der Waals surface area contributed by atoms with Gasteiger partial charge in [0.25, 0.3) is 5.91 Å². The lowest BCUT2D eigenvalue weighted by molar-refractivity contribution is -0.135. The molecule has 34 heavy (non-hydrogen) atoms. The van der Waals surface area contributed by atoms with Gasteiger partial charge < -0.3 is 15.0 Å². The molecule has 2 bridgehead atoms. The van der Waals surface area contributed by atoms with Crippen LogP contribution in [0.3, 0.4) is 0 Å². The zero-order valence-corrected chi connectivity index (χ0v) is 20.9. The standard InChI is InChI=1S/C22H25Cl2FN4O4S/c1-22(2,33-20-17(23)7-12(25)8-18(20)24)21(30)28-13-9-14-3-4-15(10-13)29(14)19-6-5-16(11-27-19)34(26,31)32/h5-8,11,13-15H,3-4,9-10H2,1-2H3,(H,28,30)(H2,26,31,32)/t13?,14-,15+. The number of benzene rings is 1. The molecule has 1 aromatic heterocycles. The maximum Gasteiger partial charge on any atom is 0.263 e. The van der Waals surface area contributed by atoms with Gasteiger partial charge in [0, 0.05) is 24.3 Å². The second kappa shape index (κ2) is 9.14. The summed E-state index contributed by atoms with van der Waals surface area (Å²) in [6.07, 6.45) is 4.56. The van der Waals surface area contributed by atoms with Crippen LogP contribution in [0.15, 0.2) is 35.4 Å². The lowest BCUT2D eigenvalue weighted by Gasteiger charge is -2.40. The van der Waals surface area contributed by atoms with Crippen molar-refractivity contribution in [1.29, 1.82) is 0 Å². The molecule has 2 aliphatic heterocycles. The molecule has 1 amide bonds. The smallest absolute Gasteiger partial charge is 0.263 e. The quantitative estimate of drug-likeness (QED) is 0.588. The fourth-order valence-corrected chi connectivity index (χ4v) is 5.64. The molecule has 184 valence electrons. The van der Waals surface area contributed by atoms with Gasteiger partial charge in [0.05, 0.1) is 10.0 Å². The molecule has 0 aliphatic carbocycles. The molecule has 8 nitrogen and oxygen atoms in total. The molecular weight excluding hydrogens is 506 g/mol. The predicted octanol–water partition coefficient (Wildman–Crippen LogP) is 3.65. The number of fused-ring (bicyclic) bond motifs is 2. The number of primary sulfonamides is 1. The van der Waals surface area contributed by atoms with Crippen molar-refractivity contribution in [1.82, 2.24) is 10.3 Å². The maximum absolute atomic E-state index is 13.5. The summed E-state index contributed by atoms with van der Waals surface area (Å²) >= 11 is 12.1. The van der Waals surface area contributed by atoms with Crippen LogP contribution in [-0.2, 0) is 14.8 Å². The van der Waals surface area contributed by atoms with Crippen molar-refractivity contribution < 1.29 is 22.3 Å². The van der Waals surface area contributed by atoms with Crippen molar-refractivity contribution >= 4 is 45.0 Å². The number of carbonyl (C=O) groups excluding carboxylic acids is 1. The molecule has 0 spiro atoms. The zero-order valence-electron chi connectivity index (χ0n) is 18.6. The number of carbonyl (C=O) groups is 1. The van der Waals surface area contributed by atoms with Crippen molar-refractivity contribution in [2.75, 3.05) is 4.90 Å². The van der Waals surface area contributed by atoms with E-state index >= 15 is 0 Å². The number of nitrogens with zero attached hydrogens (tertiary/aromatic N) is 2. The zero-order chi connectivity index (χ0) is 24.8. The van der Waals surface area contributed by atoms with Crippen LogP contribution in [-0.4, -0.2) is 43.0 Å². The van der Waals surface area contributed by atoms with Crippen LogP contribution in [0.5, 0.6) is 5.75 Å². The summed E-state index contributed by atoms with van der Waals surface area (Å²) < 4.78 is 42.3. The molecule has 2 saturated heterocycles. The normalized spacial score (nSPS) is 22.5. The molecule has 3 N–H and O–H groups in total. The monoisotopic (exact) mass is 530 g/mol. The first-order valence-corrected chi connectivity index (χ1v) is 13.1. The van der Waals surface area contributed by atoms with Crippen LogP contribution in [0.1, 0.15) is 39.5 Å². The number of anilines is 1. The molecule has 12 heteroatoms. The van der Waals surface area contributed by atoms with Crippen LogP contribution in [0.4, 0.5) is 10.2 Å². The van der Waals surface area contributed by atoms with Crippen molar-refractivity contribution in [3.8, 4) is 5.75 Å². The number of sulfonamides is 1. The Balaban J connectivity index is 1.42. The van der Waals surface area contributed by atoms with Crippen LogP contribution >= 0.6 is 23.2 Å². The van der Waals surface area contributed by atoms with E-state index in [1.165, 1.54) is 12.3 Å². The summed E-state index contributed by atoms with van der Waals surface area (Å²) in [6, 6.07) is 5.51. The van der Waals surface area contributed by atoms with E-state index < -0.39 is 21.4 Å². The van der Waals surface area contributed by atoms with E-state index in [0.717, 1.165) is 25.0 Å². The molecule has 2 aromatic rings. The van der Waals surface area contributed by atoms with Gasteiger partial charge in [-0.05, 0) is 63.8 Å². The lowest BCUT2D eigenvalue weighted by Crippen LogP contribution is -2.55. The highest BCUT2D eigenvalue weighted by Crippen LogP contribution is 2.39. The fourth-order valence-electron chi connectivity index (χ4n) is 4.65. The molecule has 1 aromatic carbocycles. The van der Waals surface area contributed by atoms with Crippen LogP contribution < -0.4 is 20.1 Å². The predicted molar refractivity (Wildman–Crippen MR) is 127 cm³/mol. The molecular formula is C22H25Cl2FN4O4S. The number of amides is 1. The maximum atomic E-state index is 13.5. The van der Waals surface area contributed by atoms with Gasteiger partial charge in [0.1, 0.15) is 16.5 Å². The molecule has 2 fully saturated rings. The number of hydrogen-bond donors (Lipinski definition) is 2. The number of rotatable bonds is 6. The number of hydrogen-bond acceptors (Lipinski definition) is 6. The number of piperidine rings is 1. The summed E-state index contributed by atoms with van der Waals surface area (Å²) in [4.78, 5) is 19.5. The summed E-state index contributed by atoms with van der Waals surface area (Å²) in [5, 5.41) is 8.19. The summed E-state index contributed by atoms with van der Waals surface area (Å²) in [7, 11) is -3.80. The van der Waals surface area contributed by atoms with Crippen LogP contribution in [0.2, 0.25) is 10.0 Å². The molecule has 3 heterocycles. The Labute approximate surface area is 207 Å². The Morgan fingerprint density at radius 2 is 1.79 bits per heavy atom. The minimum Gasteiger partial charge on any atom is -0.475 e. The minimum absolute atomic E-state index is 0.0156. The number of halogens is 3. The second-order valence-electron chi connectivity index (χ2n) is 9.14. The summed E-state index contributed by atoms with van der Waals surface area (Å²) in [6.45, 7) is 3.19. The van der Waals surface area contributed by atoms with Crippen molar-refractivity contribution in [3.05, 3.63) is 46.3 Å². The lowest BCUT2D eigenvalue weighted by atomic mass is 9.96. The third-order valence-corrected chi connectivity index (χ3v) is 7.71. The van der Waals surface area contributed by atoms with Crippen molar-refractivity contribution in [2.45, 2.75) is 68.2 Å². The third kappa shape index (κ3) is 5.10. The first-order valence-electron chi connectivity index (χ1n) is 10.8. The van der Waals surface area contributed by atoms with E-state index in [4.69, 9.17) is 33.1 Å². The van der Waals surface area contributed by atoms with Gasteiger partial charge >= 0.3 is 0 Å². The molecule has 0 radical (unpaired) electrons. The average molecular weight is 531 g/mol. The van der Waals surface area contributed by atoms with Gasteiger partial charge in [-0.25, -0.2) is 22.9 Å². The summed E-state index contributed by atoms with van der Waals surface area (Å²) in [5.74, 6) is -0.194. The Morgan fingerprint density at radius 1 is 1.21 bits per heavy atom. The largest absolute Gasteiger partial charge is 0.475 e. The second-order valence-corrected chi connectivity index (χ2v) is 11.5. The molecule has 2 aliphatic rings. The Kier molecular flexibility index (Phi) is 6.71. The summed E-state index contributed by atoms with van der Waals surface area (Å²) in [5.41, 5.74) is -1.30. The number of aromatic nitrogens is 1. The van der Waals surface area contributed by atoms with E-state index in [9.17, 15) is 17.6 Å². The van der Waals surface area contributed by atoms with E-state index in [2.05, 4.69) is 15.2 Å². The van der Waals surface area contributed by atoms with E-state index in [1.54, 1.807) is 19.9 Å². The molecule has 1 unspecified atom stereocenters. The first kappa shape index (κ1) is 25.0. The third-order valence-electron chi connectivity index (χ3n) is 6.25. The SMILES string of the molecule is CC(C)(Oc1c(Cl)cc(F)cc1Cl)C(=O)NC1C[C@H]2CC[C@@H](C1)N2c1ccc(S(N)(=O)=O)cn1. The van der Waals surface area contributed by atoms with Gasteiger partial charge in [-0.2, -0.15) is 0 Å². The van der Waals surface area contributed by atoms with Gasteiger partial charge in [-0.15, -0.1) is 0 Å². The van der Waals surface area contributed by atoms with E-state index in [1.807, 2.05) is 0 Å². The minimum atomic E-state index is -3.80. The highest BCUT2D eigenvalue weighted by molar-refractivity contribution is 7.89. The fraction of sp³-hybridized carbons (Fsp3) is 0.455. The topological polar surface area (TPSA) is 115 Å². The highest BCUT2D eigenvalue weighted by Gasteiger charge is 2.43. The first-order chi connectivity index (χ1) is 15.8. The highest BCUT2D eigenvalue weighted by atomic mass is 35.5. The molecule has 0 saturated carbocycles. The van der Waals surface area contributed by atoms with Crippen molar-refractivity contribution in [3.63, 3.8) is 0 Å². The van der Waals surface area contributed by atoms with Crippen molar-refractivity contribution in [2.24, 2.45) is 5.14 Å². The van der Waals surface area contributed by atoms with Gasteiger partial charge in [0.2, 0.25) is 10.0 Å².